The molecule has 1 aliphatic heterocycles. The Balaban J connectivity index is 2.13. The third-order valence-electron chi connectivity index (χ3n) is 6.02. The summed E-state index contributed by atoms with van der Waals surface area (Å²) in [6.45, 7) is 5.96. The maximum Gasteiger partial charge on any atom is 0.407 e. The first-order chi connectivity index (χ1) is 16.4. The summed E-state index contributed by atoms with van der Waals surface area (Å²) < 4.78 is 22.2. The van der Waals surface area contributed by atoms with E-state index in [-0.39, 0.29) is 22.6 Å². The average Bonchev–Trinajstić information content (AvgIpc) is 2.76. The number of carboxylic acids is 1. The number of aryl methyl sites for hydroxylation is 1. The summed E-state index contributed by atoms with van der Waals surface area (Å²) in [5.41, 5.74) is -3.13. The van der Waals surface area contributed by atoms with Gasteiger partial charge in [0.2, 0.25) is 0 Å². The summed E-state index contributed by atoms with van der Waals surface area (Å²) in [5.74, 6) is -2.40. The van der Waals surface area contributed by atoms with Crippen molar-refractivity contribution in [3.05, 3.63) is 39.2 Å². The molecule has 5 atom stereocenters. The Morgan fingerprint density at radius 1 is 1.29 bits per heavy atom. The molecule has 1 aliphatic rings. The Hall–Kier alpha value is -3.19. The number of alkyl carbamates (subject to hydrolysis) is 1. The number of nitrogens with one attached hydrogen (secondary N) is 1. The van der Waals surface area contributed by atoms with Gasteiger partial charge < -0.3 is 44.4 Å². The lowest BCUT2D eigenvalue weighted by molar-refractivity contribution is -0.278. The molecule has 0 bridgehead atoms. The molecule has 1 aromatic carbocycles. The van der Waals surface area contributed by atoms with Crippen LogP contribution in [0.4, 0.5) is 4.79 Å². The lowest BCUT2D eigenvalue weighted by Crippen LogP contribution is -2.64. The monoisotopic (exact) mass is 495 g/mol. The molecule has 1 saturated heterocycles. The molecule has 12 heteroatoms. The molecule has 1 amide bonds. The van der Waals surface area contributed by atoms with Crippen LogP contribution in [0.2, 0.25) is 0 Å². The zero-order valence-electron chi connectivity index (χ0n) is 19.9. The molecule has 35 heavy (non-hydrogen) atoms. The van der Waals surface area contributed by atoms with Crippen LogP contribution in [0.1, 0.15) is 48.4 Å². The van der Waals surface area contributed by atoms with E-state index in [1.54, 1.807) is 13.8 Å². The van der Waals surface area contributed by atoms with Crippen molar-refractivity contribution in [2.75, 3.05) is 13.7 Å². The van der Waals surface area contributed by atoms with Gasteiger partial charge >= 0.3 is 17.7 Å². The van der Waals surface area contributed by atoms with Gasteiger partial charge in [0.05, 0.1) is 12.0 Å². The van der Waals surface area contributed by atoms with Crippen LogP contribution >= 0.6 is 0 Å². The van der Waals surface area contributed by atoms with Gasteiger partial charge in [-0.15, -0.1) is 0 Å². The van der Waals surface area contributed by atoms with Crippen LogP contribution in [-0.2, 0) is 14.2 Å². The summed E-state index contributed by atoms with van der Waals surface area (Å²) >= 11 is 0. The summed E-state index contributed by atoms with van der Waals surface area (Å²) in [6, 6.07) is 2.53. The van der Waals surface area contributed by atoms with E-state index in [1.165, 1.54) is 33.1 Å². The fraction of sp³-hybridized carbons (Fsp3) is 0.522. The number of aromatic carboxylic acids is 1. The number of hydrogen-bond acceptors (Lipinski definition) is 10. The number of carbonyl (C=O) groups is 2. The van der Waals surface area contributed by atoms with Crippen molar-refractivity contribution >= 4 is 23.0 Å². The summed E-state index contributed by atoms with van der Waals surface area (Å²) in [6.07, 6.45) is -5.78. The number of aliphatic hydroxyl groups excluding tert-OH is 2. The highest BCUT2D eigenvalue weighted by Gasteiger charge is 2.54. The maximum atomic E-state index is 12.3. The zero-order chi connectivity index (χ0) is 26.2. The zero-order valence-corrected chi connectivity index (χ0v) is 19.9. The van der Waals surface area contributed by atoms with Crippen LogP contribution < -0.4 is 10.9 Å². The molecular weight excluding hydrogens is 466 g/mol. The van der Waals surface area contributed by atoms with Crippen molar-refractivity contribution in [2.24, 2.45) is 0 Å². The van der Waals surface area contributed by atoms with Gasteiger partial charge in [0.1, 0.15) is 35.2 Å². The number of rotatable bonds is 6. The molecule has 2 heterocycles. The smallest absolute Gasteiger partial charge is 0.407 e. The number of aliphatic hydroxyl groups is 2. The molecule has 0 unspecified atom stereocenters. The first kappa shape index (κ1) is 26.4. The second-order valence-electron chi connectivity index (χ2n) is 8.90. The van der Waals surface area contributed by atoms with Gasteiger partial charge in [-0.25, -0.2) is 14.4 Å². The first-order valence-corrected chi connectivity index (χ1v) is 10.9. The number of hydrogen-bond donors (Lipinski definition) is 5. The molecule has 1 aromatic heterocycles. The third-order valence-corrected chi connectivity index (χ3v) is 6.02. The number of methoxy groups -OCH3 is 1. The van der Waals surface area contributed by atoms with Crippen LogP contribution in [0.15, 0.2) is 21.3 Å². The van der Waals surface area contributed by atoms with Crippen molar-refractivity contribution in [3.8, 4) is 5.75 Å². The van der Waals surface area contributed by atoms with Crippen LogP contribution in [0.5, 0.6) is 5.75 Å². The van der Waals surface area contributed by atoms with Gasteiger partial charge in [-0.2, -0.15) is 0 Å². The summed E-state index contributed by atoms with van der Waals surface area (Å²) in [7, 11) is 1.32. The number of fused-ring (bicyclic) bond motifs is 1. The van der Waals surface area contributed by atoms with Crippen LogP contribution in [0.3, 0.4) is 0 Å². The van der Waals surface area contributed by atoms with Crippen molar-refractivity contribution in [3.63, 3.8) is 0 Å². The molecule has 0 saturated carbocycles. The number of carboxylic acid groups (broad SMARTS) is 1. The fourth-order valence-corrected chi connectivity index (χ4v) is 4.31. The highest BCUT2D eigenvalue weighted by molar-refractivity contribution is 5.98. The lowest BCUT2D eigenvalue weighted by Gasteiger charge is -2.49. The Morgan fingerprint density at radius 3 is 2.49 bits per heavy atom. The van der Waals surface area contributed by atoms with Gasteiger partial charge in [0, 0.05) is 13.2 Å². The van der Waals surface area contributed by atoms with Crippen molar-refractivity contribution in [2.45, 2.75) is 63.8 Å². The average molecular weight is 495 g/mol. The molecule has 1 fully saturated rings. The lowest BCUT2D eigenvalue weighted by atomic mass is 9.83. The number of carbonyl (C=O) groups excluding carboxylic acids is 1. The quantitative estimate of drug-likeness (QED) is 0.363. The van der Waals surface area contributed by atoms with E-state index in [1.807, 2.05) is 0 Å². The number of benzene rings is 1. The van der Waals surface area contributed by atoms with E-state index in [9.17, 15) is 34.8 Å². The van der Waals surface area contributed by atoms with E-state index in [2.05, 4.69) is 5.32 Å². The Bertz CT molecular complexity index is 1190. The predicted molar refractivity (Wildman–Crippen MR) is 121 cm³/mol. The second-order valence-corrected chi connectivity index (χ2v) is 8.90. The van der Waals surface area contributed by atoms with Gasteiger partial charge in [0.25, 0.3) is 0 Å². The number of ether oxygens (including phenoxy) is 3. The van der Waals surface area contributed by atoms with Crippen molar-refractivity contribution in [1.82, 2.24) is 5.32 Å². The SMILES string of the molecule is CO[C@@H]1[C@H](OC(=O)NC(C)C)[C@@H](O)[C@H](c2ccc3c(O)c(C(=O)O)c(=O)oc3c2C)O[C@]1(C)CO. The molecule has 12 nitrogen and oxygen atoms in total. The molecule has 5 N–H and O–H groups in total. The fourth-order valence-electron chi connectivity index (χ4n) is 4.31. The highest BCUT2D eigenvalue weighted by Crippen LogP contribution is 2.43. The van der Waals surface area contributed by atoms with Crippen LogP contribution in [0, 0.1) is 6.92 Å². The van der Waals surface area contributed by atoms with E-state index in [0.717, 1.165) is 0 Å². The second kappa shape index (κ2) is 9.82. The third kappa shape index (κ3) is 4.69. The first-order valence-electron chi connectivity index (χ1n) is 10.9. The molecule has 0 spiro atoms. The molecule has 0 aliphatic carbocycles. The molecule has 0 radical (unpaired) electrons. The summed E-state index contributed by atoms with van der Waals surface area (Å²) in [5, 5.41) is 43.4. The van der Waals surface area contributed by atoms with Gasteiger partial charge in [0.15, 0.2) is 11.7 Å². The van der Waals surface area contributed by atoms with E-state index < -0.39 is 65.6 Å². The Kier molecular flexibility index (Phi) is 7.41. The minimum Gasteiger partial charge on any atom is -0.506 e. The highest BCUT2D eigenvalue weighted by atomic mass is 16.6. The largest absolute Gasteiger partial charge is 0.506 e. The summed E-state index contributed by atoms with van der Waals surface area (Å²) in [4.78, 5) is 35.9. The van der Waals surface area contributed by atoms with Gasteiger partial charge in [-0.1, -0.05) is 6.07 Å². The number of aromatic hydroxyl groups is 1. The minimum atomic E-state index is -1.64. The topological polar surface area (TPSA) is 185 Å². The molecule has 3 rings (SSSR count). The predicted octanol–water partition coefficient (Wildman–Crippen LogP) is 1.21. The normalized spacial score (nSPS) is 26.6. The van der Waals surface area contributed by atoms with Crippen molar-refractivity contribution in [1.29, 1.82) is 0 Å². The maximum absolute atomic E-state index is 12.3. The Morgan fingerprint density at radius 2 is 1.94 bits per heavy atom. The minimum absolute atomic E-state index is 0.0302. The van der Waals surface area contributed by atoms with E-state index >= 15 is 0 Å². The van der Waals surface area contributed by atoms with E-state index in [4.69, 9.17) is 18.6 Å². The number of amides is 1. The van der Waals surface area contributed by atoms with Crippen LogP contribution in [-0.4, -0.2) is 76.2 Å². The van der Waals surface area contributed by atoms with E-state index in [0.29, 0.717) is 5.56 Å². The molecule has 2 aromatic rings. The Labute approximate surface area is 200 Å². The standard InChI is InChI=1S/C23H29NO11/c1-9(2)24-22(31)34-18-15(27)17(35-23(4,8-25)19(18)32-5)11-6-7-12-14(26)13(20(28)29)21(30)33-16(12)10(11)3/h6-7,9,15,17-19,25-27H,8H2,1-5H3,(H,24,31)(H,28,29)/t15-,17-,18+,19+,23+/m0/s1. The van der Waals surface area contributed by atoms with Crippen molar-refractivity contribution < 1.29 is 48.6 Å². The van der Waals surface area contributed by atoms with Crippen LogP contribution in [0.25, 0.3) is 11.0 Å². The van der Waals surface area contributed by atoms with Gasteiger partial charge in [-0.05, 0) is 44.9 Å². The molecular formula is C23H29NO11. The molecule has 192 valence electrons. The van der Waals surface area contributed by atoms with Gasteiger partial charge in [-0.3, -0.25) is 0 Å².